The van der Waals surface area contributed by atoms with Gasteiger partial charge in [0.1, 0.15) is 5.75 Å². The van der Waals surface area contributed by atoms with Crippen LogP contribution in [0.5, 0.6) is 5.75 Å². The van der Waals surface area contributed by atoms with Crippen LogP contribution in [-0.2, 0) is 4.79 Å². The molecule has 1 aromatic rings. The number of hydrogen-bond acceptors (Lipinski definition) is 4. The van der Waals surface area contributed by atoms with Gasteiger partial charge in [0, 0.05) is 13.5 Å². The molecule has 0 radical (unpaired) electrons. The van der Waals surface area contributed by atoms with Crippen LogP contribution < -0.4 is 10.1 Å². The first kappa shape index (κ1) is 15.0. The third-order valence-electron chi connectivity index (χ3n) is 2.74. The van der Waals surface area contributed by atoms with E-state index in [-0.39, 0.29) is 5.91 Å². The van der Waals surface area contributed by atoms with E-state index in [1.165, 1.54) is 0 Å². The lowest BCUT2D eigenvalue weighted by molar-refractivity contribution is -0.120. The van der Waals surface area contributed by atoms with Crippen molar-refractivity contribution in [1.82, 2.24) is 5.32 Å². The molecule has 0 saturated heterocycles. The van der Waals surface area contributed by atoms with Gasteiger partial charge in [0.15, 0.2) is 0 Å². The van der Waals surface area contributed by atoms with E-state index in [0.717, 1.165) is 11.3 Å². The highest BCUT2D eigenvalue weighted by atomic mass is 16.5. The first-order valence-corrected chi connectivity index (χ1v) is 6.36. The summed E-state index contributed by atoms with van der Waals surface area (Å²) in [5.41, 5.74) is 1.52. The van der Waals surface area contributed by atoms with Crippen LogP contribution in [-0.4, -0.2) is 30.5 Å². The topological polar surface area (TPSA) is 70.9 Å². The Labute approximate surface area is 113 Å². The van der Waals surface area contributed by atoms with E-state index in [2.05, 4.69) is 10.5 Å². The Morgan fingerprint density at radius 3 is 2.58 bits per heavy atom. The summed E-state index contributed by atoms with van der Waals surface area (Å²) in [4.78, 5) is 11.0. The van der Waals surface area contributed by atoms with Crippen LogP contribution in [0.3, 0.4) is 0 Å². The highest BCUT2D eigenvalue weighted by Crippen LogP contribution is 2.14. The highest BCUT2D eigenvalue weighted by molar-refractivity contribution is 6.00. The Morgan fingerprint density at radius 1 is 1.37 bits per heavy atom. The van der Waals surface area contributed by atoms with Crippen molar-refractivity contribution in [3.63, 3.8) is 0 Å². The van der Waals surface area contributed by atoms with E-state index in [1.54, 1.807) is 7.05 Å². The van der Waals surface area contributed by atoms with Crippen LogP contribution in [0.4, 0.5) is 0 Å². The molecule has 0 aliphatic rings. The molecule has 0 spiro atoms. The number of carbonyl (C=O) groups is 1. The maximum absolute atomic E-state index is 11.0. The molecule has 0 heterocycles. The van der Waals surface area contributed by atoms with Gasteiger partial charge < -0.3 is 15.3 Å². The average molecular weight is 264 g/mol. The summed E-state index contributed by atoms with van der Waals surface area (Å²) in [5, 5.41) is 14.6. The molecule has 1 aromatic carbocycles. The smallest absolute Gasteiger partial charge is 0.219 e. The minimum Gasteiger partial charge on any atom is -0.494 e. The fourth-order valence-corrected chi connectivity index (χ4v) is 1.62. The molecule has 104 valence electrons. The molecule has 0 aliphatic heterocycles. The largest absolute Gasteiger partial charge is 0.494 e. The molecular formula is C14H20N2O3. The fourth-order valence-electron chi connectivity index (χ4n) is 1.62. The van der Waals surface area contributed by atoms with Crippen LogP contribution in [0.2, 0.25) is 0 Å². The summed E-state index contributed by atoms with van der Waals surface area (Å²) in [6.45, 7) is 2.43. The van der Waals surface area contributed by atoms with Crippen molar-refractivity contribution in [1.29, 1.82) is 0 Å². The summed E-state index contributed by atoms with van der Waals surface area (Å²) < 4.78 is 5.52. The summed E-state index contributed by atoms with van der Waals surface area (Å²) in [5.74, 6) is 0.764. The Bertz CT molecular complexity index is 427. The van der Waals surface area contributed by atoms with Crippen molar-refractivity contribution < 1.29 is 14.7 Å². The molecular weight excluding hydrogens is 244 g/mol. The van der Waals surface area contributed by atoms with Crippen LogP contribution in [0.25, 0.3) is 0 Å². The monoisotopic (exact) mass is 264 g/mol. The first-order chi connectivity index (χ1) is 9.21. The maximum atomic E-state index is 11.0. The normalized spacial score (nSPS) is 11.2. The summed E-state index contributed by atoms with van der Waals surface area (Å²) in [6, 6.07) is 7.37. The third kappa shape index (κ3) is 4.99. The zero-order valence-corrected chi connectivity index (χ0v) is 11.3. The fraction of sp³-hybridized carbons (Fsp3) is 0.429. The van der Waals surface area contributed by atoms with Gasteiger partial charge >= 0.3 is 0 Å². The Balaban J connectivity index is 2.42. The second kappa shape index (κ2) is 8.13. The molecule has 0 aliphatic carbocycles. The maximum Gasteiger partial charge on any atom is 0.219 e. The highest BCUT2D eigenvalue weighted by Gasteiger charge is 2.02. The van der Waals surface area contributed by atoms with E-state index in [0.29, 0.717) is 31.6 Å². The summed E-state index contributed by atoms with van der Waals surface area (Å²) in [7, 11) is 1.62. The van der Waals surface area contributed by atoms with Gasteiger partial charge in [-0.3, -0.25) is 4.79 Å². The van der Waals surface area contributed by atoms with Gasteiger partial charge in [-0.25, -0.2) is 0 Å². The molecule has 2 N–H and O–H groups in total. The van der Waals surface area contributed by atoms with Crippen LogP contribution in [0.1, 0.15) is 31.7 Å². The first-order valence-electron chi connectivity index (χ1n) is 6.36. The van der Waals surface area contributed by atoms with Gasteiger partial charge in [0.25, 0.3) is 0 Å². The van der Waals surface area contributed by atoms with Crippen molar-refractivity contribution in [3.8, 4) is 5.75 Å². The molecule has 19 heavy (non-hydrogen) atoms. The van der Waals surface area contributed by atoms with Crippen molar-refractivity contribution in [2.75, 3.05) is 13.7 Å². The molecule has 0 saturated carbocycles. The van der Waals surface area contributed by atoms with Crippen molar-refractivity contribution in [2.45, 2.75) is 26.2 Å². The minimum absolute atomic E-state index is 0.0192. The zero-order chi connectivity index (χ0) is 14.1. The van der Waals surface area contributed by atoms with Crippen LogP contribution >= 0.6 is 0 Å². The predicted molar refractivity (Wildman–Crippen MR) is 73.9 cm³/mol. The van der Waals surface area contributed by atoms with Gasteiger partial charge in [-0.05, 0) is 42.7 Å². The number of benzene rings is 1. The summed E-state index contributed by atoms with van der Waals surface area (Å²) in [6.07, 6.45) is 1.81. The van der Waals surface area contributed by atoms with E-state index in [9.17, 15) is 4.79 Å². The van der Waals surface area contributed by atoms with Crippen LogP contribution in [0.15, 0.2) is 29.4 Å². The van der Waals surface area contributed by atoms with Crippen molar-refractivity contribution in [2.24, 2.45) is 5.16 Å². The number of rotatable bonds is 7. The lowest BCUT2D eigenvalue weighted by atomic mass is 10.1. The van der Waals surface area contributed by atoms with Gasteiger partial charge in [-0.15, -0.1) is 0 Å². The molecule has 0 unspecified atom stereocenters. The molecule has 1 rings (SSSR count). The SMILES string of the molecule is CCC(=NO)c1ccc(OCCCC(=O)NC)cc1. The van der Waals surface area contributed by atoms with Gasteiger partial charge in [-0.1, -0.05) is 12.1 Å². The second-order valence-electron chi connectivity index (χ2n) is 4.05. The molecule has 5 nitrogen and oxygen atoms in total. The second-order valence-corrected chi connectivity index (χ2v) is 4.05. The lowest BCUT2D eigenvalue weighted by Gasteiger charge is -2.07. The Hall–Kier alpha value is -2.04. The number of nitrogens with one attached hydrogen (secondary N) is 1. The number of hydrogen-bond donors (Lipinski definition) is 2. The predicted octanol–water partition coefficient (Wildman–Crippen LogP) is 2.18. The minimum atomic E-state index is 0.0192. The average Bonchev–Trinajstić information content (AvgIpc) is 2.46. The van der Waals surface area contributed by atoms with Crippen molar-refractivity contribution >= 4 is 11.6 Å². The number of nitrogens with zero attached hydrogens (tertiary/aromatic N) is 1. The standard InChI is InChI=1S/C14H20N2O3/c1-3-13(16-18)11-6-8-12(9-7-11)19-10-4-5-14(17)15-2/h6-9,18H,3-5,10H2,1-2H3,(H,15,17). The van der Waals surface area contributed by atoms with E-state index in [4.69, 9.17) is 9.94 Å². The van der Waals surface area contributed by atoms with Gasteiger partial charge in [0.2, 0.25) is 5.91 Å². The number of amides is 1. The Kier molecular flexibility index (Phi) is 6.43. The van der Waals surface area contributed by atoms with Crippen molar-refractivity contribution in [3.05, 3.63) is 29.8 Å². The molecule has 0 atom stereocenters. The summed E-state index contributed by atoms with van der Waals surface area (Å²) >= 11 is 0. The number of ether oxygens (including phenoxy) is 1. The molecule has 0 fully saturated rings. The Morgan fingerprint density at radius 2 is 2.05 bits per heavy atom. The zero-order valence-electron chi connectivity index (χ0n) is 11.3. The molecule has 1 amide bonds. The third-order valence-corrected chi connectivity index (χ3v) is 2.74. The van der Waals surface area contributed by atoms with E-state index < -0.39 is 0 Å². The lowest BCUT2D eigenvalue weighted by Crippen LogP contribution is -2.18. The van der Waals surface area contributed by atoms with Gasteiger partial charge in [0.05, 0.1) is 12.3 Å². The van der Waals surface area contributed by atoms with E-state index >= 15 is 0 Å². The molecule has 0 bridgehead atoms. The van der Waals surface area contributed by atoms with Gasteiger partial charge in [-0.2, -0.15) is 0 Å². The number of carbonyl (C=O) groups excluding carboxylic acids is 1. The molecule has 0 aromatic heterocycles. The number of oxime groups is 1. The van der Waals surface area contributed by atoms with E-state index in [1.807, 2.05) is 31.2 Å². The van der Waals surface area contributed by atoms with Crippen LogP contribution in [0, 0.1) is 0 Å². The quantitative estimate of drug-likeness (QED) is 0.343. The molecule has 5 heteroatoms.